The van der Waals surface area contributed by atoms with Crippen LogP contribution in [0.1, 0.15) is 5.71 Å². The van der Waals surface area contributed by atoms with Gasteiger partial charge in [0, 0.05) is 17.1 Å². The zero-order chi connectivity index (χ0) is 0. The van der Waals surface area contributed by atoms with E-state index < -0.39 is 0 Å². The second kappa shape index (κ2) is 24.3. The monoisotopic (exact) mass is 325 g/mol. The van der Waals surface area contributed by atoms with Gasteiger partial charge in [-0.15, -0.1) is 0 Å². The van der Waals surface area contributed by atoms with Gasteiger partial charge in [0.2, 0.25) is 0 Å². The topological polar surface area (TPSA) is 0 Å². The Balaban J connectivity index is 0. The van der Waals surface area contributed by atoms with Crippen molar-refractivity contribution in [3.8, 4) is 0 Å². The van der Waals surface area contributed by atoms with Gasteiger partial charge in [-0.3, -0.25) is 0 Å². The minimum Gasteiger partial charge on any atom is 2.00 e. The van der Waals surface area contributed by atoms with Crippen molar-refractivity contribution in [1.29, 1.82) is 0 Å². The third-order valence-electron chi connectivity index (χ3n) is 0. The summed E-state index contributed by atoms with van der Waals surface area (Å²) in [5.41, 5.74) is 0. The van der Waals surface area contributed by atoms with Crippen LogP contribution in [0.3, 0.4) is 0 Å². The molecule has 0 rings (SSSR count). The zero-order valence-electron chi connectivity index (χ0n) is 5.79. The fraction of sp³-hybridized carbons (Fsp3) is 0. The molecule has 0 saturated carbocycles. The second-order valence-electron chi connectivity index (χ2n) is 0. The van der Waals surface area contributed by atoms with Gasteiger partial charge < -0.3 is 5.71 Å². The van der Waals surface area contributed by atoms with Crippen molar-refractivity contribution >= 4 is 110 Å². The second-order valence-corrected chi connectivity index (χ2v) is 0. The molecule has 0 unspecified atom stereocenters. The van der Waals surface area contributed by atoms with Crippen LogP contribution in [0.2, 0.25) is 0 Å². The van der Waals surface area contributed by atoms with Crippen molar-refractivity contribution in [2.75, 3.05) is 0 Å². The minimum absolute atomic E-state index is 0. The molecule has 0 aliphatic heterocycles. The van der Waals surface area contributed by atoms with E-state index >= 15 is 0 Å². The Labute approximate surface area is 130 Å². The van der Waals surface area contributed by atoms with E-state index in [9.17, 15) is 0 Å². The van der Waals surface area contributed by atoms with Crippen LogP contribution in [0.25, 0.3) is 0 Å². The molecule has 0 aromatic carbocycles. The predicted octanol–water partition coefficient (Wildman–Crippen LogP) is -2.95. The summed E-state index contributed by atoms with van der Waals surface area (Å²) in [5, 5.41) is 0. The molecule has 0 amide bonds. The van der Waals surface area contributed by atoms with E-state index in [2.05, 4.69) is 0 Å². The summed E-state index contributed by atoms with van der Waals surface area (Å²) >= 11 is 0. The molecule has 0 heterocycles. The maximum atomic E-state index is 0. The van der Waals surface area contributed by atoms with Gasteiger partial charge in [-0.2, -0.15) is 0 Å². The normalized spacial score (nSPS) is 0. The Kier molecular flexibility index (Phi) is 173. The molecular weight excluding hydrogens is 313 g/mol. The third kappa shape index (κ3) is 17.9. The zero-order valence-corrected chi connectivity index (χ0v) is 7.86. The van der Waals surface area contributed by atoms with E-state index in [-0.39, 0.29) is 133 Å². The molecule has 0 atom stereocenters. The minimum atomic E-state index is 0. The largest absolute Gasteiger partial charge is 2.00 e. The van der Waals surface area contributed by atoms with E-state index in [1.165, 1.54) is 0 Å². The number of hydrogen-bond donors (Lipinski definition) is 0. The van der Waals surface area contributed by atoms with Gasteiger partial charge in [0.1, 0.15) is 0 Å². The van der Waals surface area contributed by atoms with E-state index in [4.69, 9.17) is 0 Å². The van der Waals surface area contributed by atoms with E-state index in [1.807, 2.05) is 0 Å². The molecule has 0 nitrogen and oxygen atoms in total. The Morgan fingerprint density at radius 3 is 1.20 bits per heavy atom. The van der Waals surface area contributed by atoms with Gasteiger partial charge in [-0.25, -0.2) is 0 Å². The molecule has 0 aromatic heterocycles. The van der Waals surface area contributed by atoms with Gasteiger partial charge in [0.15, 0.2) is 17.4 Å². The SMILES string of the molecule is [AlH3].[H-].[H-].[H-].[H-].[Mg+2].[Mn].[SnH4].[Sr+2]. The van der Waals surface area contributed by atoms with Crippen LogP contribution in [0.15, 0.2) is 0 Å². The Bertz CT molecular complexity index is 20.5. The van der Waals surface area contributed by atoms with Crippen molar-refractivity contribution in [2.45, 2.75) is 0 Å². The molecule has 5 heavy (non-hydrogen) atoms. The molecule has 29 valence electrons. The summed E-state index contributed by atoms with van der Waals surface area (Å²) in [6.07, 6.45) is 0. The standard InChI is InChI=1S/Al.Mg.Mn.Sn.Sr.11H/q;+2;;;+2;;;;;;;;4*-1. The predicted molar refractivity (Wildman–Crippen MR) is 37.2 cm³/mol. The molecule has 1 radical (unpaired) electrons. The van der Waals surface area contributed by atoms with E-state index in [0.29, 0.717) is 0 Å². The first kappa shape index (κ1) is 35.5. The van der Waals surface area contributed by atoms with Crippen LogP contribution in [-0.4, -0.2) is 110 Å². The summed E-state index contributed by atoms with van der Waals surface area (Å²) < 4.78 is 0. The third-order valence-corrected chi connectivity index (χ3v) is 0. The molecule has 0 aliphatic carbocycles. The van der Waals surface area contributed by atoms with Crippen molar-refractivity contribution in [2.24, 2.45) is 0 Å². The van der Waals surface area contributed by atoms with Crippen LogP contribution in [0.4, 0.5) is 0 Å². The maximum Gasteiger partial charge on any atom is 2.00 e. The van der Waals surface area contributed by atoms with Gasteiger partial charge in [-0.05, 0) is 0 Å². The Morgan fingerprint density at radius 1 is 1.20 bits per heavy atom. The molecule has 0 aliphatic rings. The maximum absolute atomic E-state index is 0. The summed E-state index contributed by atoms with van der Waals surface area (Å²) in [7, 11) is 0. The molecule has 0 bridgehead atoms. The first-order valence-electron chi connectivity index (χ1n) is 0. The van der Waals surface area contributed by atoms with Crippen LogP contribution < -0.4 is 0 Å². The number of hydrogen-bond acceptors (Lipinski definition) is 0. The summed E-state index contributed by atoms with van der Waals surface area (Å²) in [4.78, 5) is 0. The molecule has 0 saturated heterocycles. The molecule has 0 spiro atoms. The number of rotatable bonds is 0. The van der Waals surface area contributed by atoms with Crippen LogP contribution in [0.5, 0.6) is 0 Å². The van der Waals surface area contributed by atoms with Gasteiger partial charge in [0.25, 0.3) is 0 Å². The Hall–Kier alpha value is 4.10. The van der Waals surface area contributed by atoms with Crippen molar-refractivity contribution in [3.05, 3.63) is 0 Å². The fourth-order valence-electron chi connectivity index (χ4n) is 0. The van der Waals surface area contributed by atoms with Gasteiger partial charge in [0.05, 0.1) is 0 Å². The van der Waals surface area contributed by atoms with E-state index in [0.717, 1.165) is 0 Å². The molecule has 0 aromatic rings. The summed E-state index contributed by atoms with van der Waals surface area (Å²) in [5.74, 6) is 0. The van der Waals surface area contributed by atoms with Crippen molar-refractivity contribution in [1.82, 2.24) is 0 Å². The summed E-state index contributed by atoms with van der Waals surface area (Å²) in [6, 6.07) is 0. The van der Waals surface area contributed by atoms with Crippen molar-refractivity contribution < 1.29 is 22.8 Å². The van der Waals surface area contributed by atoms with Crippen molar-refractivity contribution in [3.63, 3.8) is 0 Å². The van der Waals surface area contributed by atoms with Crippen LogP contribution in [0, 0.1) is 0 Å². The van der Waals surface area contributed by atoms with Gasteiger partial charge in [-0.1, -0.05) is 0 Å². The summed E-state index contributed by atoms with van der Waals surface area (Å²) in [6.45, 7) is 0. The smallest absolute Gasteiger partial charge is 2.00 e. The van der Waals surface area contributed by atoms with Gasteiger partial charge >= 0.3 is 92.4 Å². The molecule has 0 N–H and O–H groups in total. The molecule has 0 fully saturated rings. The molecule has 5 heteroatoms. The van der Waals surface area contributed by atoms with Crippen LogP contribution >= 0.6 is 0 Å². The Morgan fingerprint density at radius 2 is 1.20 bits per heavy atom. The first-order valence-corrected chi connectivity index (χ1v) is 0. The average molecular weight is 324 g/mol. The first-order chi connectivity index (χ1) is 0. The fourth-order valence-corrected chi connectivity index (χ4v) is 0. The molecular formula is H11AlMgMnSnSr. The van der Waals surface area contributed by atoms with E-state index in [1.54, 1.807) is 0 Å². The van der Waals surface area contributed by atoms with Crippen LogP contribution in [-0.2, 0) is 17.1 Å². The average Bonchev–Trinajstić information content (AvgIpc) is 0. The quantitative estimate of drug-likeness (QED) is 0.418.